The SMILES string of the molecule is COc1ccc(C)cc1-n1ccnn1. The fourth-order valence-corrected chi connectivity index (χ4v) is 1.32. The highest BCUT2D eigenvalue weighted by Gasteiger charge is 2.05. The molecule has 1 heterocycles. The van der Waals surface area contributed by atoms with Crippen LogP contribution < -0.4 is 4.74 Å². The predicted molar refractivity (Wildman–Crippen MR) is 52.6 cm³/mol. The average Bonchev–Trinajstić information content (AvgIpc) is 2.70. The van der Waals surface area contributed by atoms with E-state index in [-0.39, 0.29) is 0 Å². The van der Waals surface area contributed by atoms with Gasteiger partial charge in [-0.2, -0.15) is 0 Å². The molecule has 0 spiro atoms. The van der Waals surface area contributed by atoms with E-state index in [4.69, 9.17) is 4.74 Å². The van der Waals surface area contributed by atoms with Crippen LogP contribution in [0.4, 0.5) is 0 Å². The summed E-state index contributed by atoms with van der Waals surface area (Å²) >= 11 is 0. The summed E-state index contributed by atoms with van der Waals surface area (Å²) in [5.74, 6) is 0.793. The van der Waals surface area contributed by atoms with Gasteiger partial charge in [-0.1, -0.05) is 11.3 Å². The van der Waals surface area contributed by atoms with Gasteiger partial charge in [-0.05, 0) is 24.6 Å². The molecule has 0 N–H and O–H groups in total. The molecule has 2 rings (SSSR count). The lowest BCUT2D eigenvalue weighted by Crippen LogP contribution is -1.99. The highest BCUT2D eigenvalue weighted by Crippen LogP contribution is 2.22. The molecule has 72 valence electrons. The van der Waals surface area contributed by atoms with Crippen molar-refractivity contribution in [2.24, 2.45) is 0 Å². The number of nitrogens with zero attached hydrogens (tertiary/aromatic N) is 3. The van der Waals surface area contributed by atoms with E-state index in [0.717, 1.165) is 17.0 Å². The minimum Gasteiger partial charge on any atom is -0.494 e. The number of hydrogen-bond acceptors (Lipinski definition) is 3. The Balaban J connectivity index is 2.55. The molecule has 1 aromatic heterocycles. The van der Waals surface area contributed by atoms with Gasteiger partial charge in [0.15, 0.2) is 0 Å². The minimum absolute atomic E-state index is 0.793. The van der Waals surface area contributed by atoms with Gasteiger partial charge in [-0.15, -0.1) is 5.10 Å². The van der Waals surface area contributed by atoms with Crippen LogP contribution in [0.25, 0.3) is 5.69 Å². The van der Waals surface area contributed by atoms with Crippen molar-refractivity contribution in [1.82, 2.24) is 15.0 Å². The summed E-state index contributed by atoms with van der Waals surface area (Å²) < 4.78 is 6.92. The van der Waals surface area contributed by atoms with Crippen LogP contribution in [0.5, 0.6) is 5.75 Å². The maximum atomic E-state index is 5.24. The van der Waals surface area contributed by atoms with Gasteiger partial charge in [0.25, 0.3) is 0 Å². The van der Waals surface area contributed by atoms with Crippen LogP contribution >= 0.6 is 0 Å². The molecule has 0 unspecified atom stereocenters. The number of methoxy groups -OCH3 is 1. The molecule has 4 heteroatoms. The third-order valence-corrected chi connectivity index (χ3v) is 2.00. The zero-order valence-corrected chi connectivity index (χ0v) is 8.14. The number of benzene rings is 1. The van der Waals surface area contributed by atoms with E-state index >= 15 is 0 Å². The highest BCUT2D eigenvalue weighted by atomic mass is 16.5. The lowest BCUT2D eigenvalue weighted by molar-refractivity contribution is 0.411. The largest absolute Gasteiger partial charge is 0.494 e. The zero-order valence-electron chi connectivity index (χ0n) is 8.14. The zero-order chi connectivity index (χ0) is 9.97. The second-order valence-electron chi connectivity index (χ2n) is 3.02. The summed E-state index contributed by atoms with van der Waals surface area (Å²) in [6, 6.07) is 5.93. The van der Waals surface area contributed by atoms with Crippen molar-refractivity contribution >= 4 is 0 Å². The van der Waals surface area contributed by atoms with Crippen molar-refractivity contribution in [3.05, 3.63) is 36.2 Å². The molecular formula is C10H11N3O. The Morgan fingerprint density at radius 3 is 2.86 bits per heavy atom. The second-order valence-corrected chi connectivity index (χ2v) is 3.02. The van der Waals surface area contributed by atoms with E-state index < -0.39 is 0 Å². The van der Waals surface area contributed by atoms with Gasteiger partial charge in [0.05, 0.1) is 19.5 Å². The van der Waals surface area contributed by atoms with Crippen molar-refractivity contribution in [2.75, 3.05) is 7.11 Å². The first-order valence-electron chi connectivity index (χ1n) is 4.32. The van der Waals surface area contributed by atoms with E-state index in [1.54, 1.807) is 24.2 Å². The monoisotopic (exact) mass is 189 g/mol. The van der Waals surface area contributed by atoms with Crippen LogP contribution in [0.2, 0.25) is 0 Å². The Morgan fingerprint density at radius 2 is 2.21 bits per heavy atom. The van der Waals surface area contributed by atoms with Gasteiger partial charge < -0.3 is 4.74 Å². The van der Waals surface area contributed by atoms with Gasteiger partial charge >= 0.3 is 0 Å². The Morgan fingerprint density at radius 1 is 1.36 bits per heavy atom. The van der Waals surface area contributed by atoms with Crippen LogP contribution in [-0.2, 0) is 0 Å². The molecule has 0 aliphatic carbocycles. The second kappa shape index (κ2) is 3.49. The molecule has 4 nitrogen and oxygen atoms in total. The number of aromatic nitrogens is 3. The number of rotatable bonds is 2. The summed E-state index contributed by atoms with van der Waals surface area (Å²) in [7, 11) is 1.64. The average molecular weight is 189 g/mol. The van der Waals surface area contributed by atoms with E-state index in [1.165, 1.54) is 0 Å². The molecule has 14 heavy (non-hydrogen) atoms. The molecular weight excluding hydrogens is 178 g/mol. The third-order valence-electron chi connectivity index (χ3n) is 2.00. The summed E-state index contributed by atoms with van der Waals surface area (Å²) in [5.41, 5.74) is 2.07. The molecule has 1 aromatic carbocycles. The predicted octanol–water partition coefficient (Wildman–Crippen LogP) is 1.58. The first kappa shape index (κ1) is 8.74. The van der Waals surface area contributed by atoms with Crippen molar-refractivity contribution in [3.63, 3.8) is 0 Å². The Bertz CT molecular complexity index is 423. The van der Waals surface area contributed by atoms with Crippen molar-refractivity contribution in [3.8, 4) is 11.4 Å². The molecule has 0 saturated heterocycles. The van der Waals surface area contributed by atoms with Crippen LogP contribution in [-0.4, -0.2) is 22.1 Å². The summed E-state index contributed by atoms with van der Waals surface area (Å²) in [6.45, 7) is 2.03. The quantitative estimate of drug-likeness (QED) is 0.720. The Hall–Kier alpha value is -1.84. The lowest BCUT2D eigenvalue weighted by atomic mass is 10.2. The normalized spacial score (nSPS) is 10.1. The summed E-state index contributed by atoms with van der Waals surface area (Å²) in [5, 5.41) is 7.68. The van der Waals surface area contributed by atoms with Gasteiger partial charge in [-0.25, -0.2) is 4.68 Å². The maximum Gasteiger partial charge on any atom is 0.144 e. The standard InChI is InChI=1S/C10H11N3O/c1-8-3-4-10(14-2)9(7-8)13-6-5-11-12-13/h3-7H,1-2H3. The van der Waals surface area contributed by atoms with Gasteiger partial charge in [-0.3, -0.25) is 0 Å². The van der Waals surface area contributed by atoms with Gasteiger partial charge in [0, 0.05) is 0 Å². The molecule has 0 atom stereocenters. The lowest BCUT2D eigenvalue weighted by Gasteiger charge is -2.08. The van der Waals surface area contributed by atoms with Crippen LogP contribution in [0, 0.1) is 6.92 Å². The first-order chi connectivity index (χ1) is 6.81. The number of ether oxygens (including phenoxy) is 1. The molecule has 2 aromatic rings. The molecule has 0 aliphatic rings. The first-order valence-corrected chi connectivity index (χ1v) is 4.32. The van der Waals surface area contributed by atoms with E-state index in [1.807, 2.05) is 25.1 Å². The third kappa shape index (κ3) is 1.46. The summed E-state index contributed by atoms with van der Waals surface area (Å²) in [4.78, 5) is 0. The Kier molecular flexibility index (Phi) is 2.18. The molecule has 0 fully saturated rings. The maximum absolute atomic E-state index is 5.24. The van der Waals surface area contributed by atoms with Crippen molar-refractivity contribution in [1.29, 1.82) is 0 Å². The fourth-order valence-electron chi connectivity index (χ4n) is 1.32. The number of hydrogen-bond donors (Lipinski definition) is 0. The molecule has 0 aliphatic heterocycles. The van der Waals surface area contributed by atoms with Crippen LogP contribution in [0.3, 0.4) is 0 Å². The van der Waals surface area contributed by atoms with Crippen molar-refractivity contribution < 1.29 is 4.74 Å². The fraction of sp³-hybridized carbons (Fsp3) is 0.200. The molecule has 0 radical (unpaired) electrons. The highest BCUT2D eigenvalue weighted by molar-refractivity contribution is 5.47. The number of aryl methyl sites for hydroxylation is 1. The van der Waals surface area contributed by atoms with Crippen LogP contribution in [0.1, 0.15) is 5.56 Å². The smallest absolute Gasteiger partial charge is 0.144 e. The Labute approximate surface area is 82.1 Å². The minimum atomic E-state index is 0.793. The molecule has 0 amide bonds. The van der Waals surface area contributed by atoms with Gasteiger partial charge in [0.2, 0.25) is 0 Å². The molecule has 0 saturated carbocycles. The van der Waals surface area contributed by atoms with Crippen molar-refractivity contribution in [2.45, 2.75) is 6.92 Å². The van der Waals surface area contributed by atoms with E-state index in [9.17, 15) is 0 Å². The molecule has 0 bridgehead atoms. The van der Waals surface area contributed by atoms with E-state index in [0.29, 0.717) is 0 Å². The van der Waals surface area contributed by atoms with E-state index in [2.05, 4.69) is 10.3 Å². The van der Waals surface area contributed by atoms with Crippen LogP contribution in [0.15, 0.2) is 30.6 Å². The summed E-state index contributed by atoms with van der Waals surface area (Å²) in [6.07, 6.45) is 3.43. The van der Waals surface area contributed by atoms with Gasteiger partial charge in [0.1, 0.15) is 11.4 Å². The topological polar surface area (TPSA) is 39.9 Å².